The van der Waals surface area contributed by atoms with Crippen molar-refractivity contribution in [1.82, 2.24) is 0 Å². The average molecular weight is 309 g/mol. The van der Waals surface area contributed by atoms with Crippen molar-refractivity contribution in [3.63, 3.8) is 0 Å². The summed E-state index contributed by atoms with van der Waals surface area (Å²) in [7, 11) is 0. The second-order valence-electron chi connectivity index (χ2n) is 4.00. The van der Waals surface area contributed by atoms with Gasteiger partial charge in [-0.3, -0.25) is 10.1 Å². The number of benzene rings is 2. The maximum Gasteiger partial charge on any atom is 0.306 e. The molecule has 0 amide bonds. The van der Waals surface area contributed by atoms with Crippen molar-refractivity contribution < 1.29 is 4.92 Å². The van der Waals surface area contributed by atoms with Gasteiger partial charge in [0.2, 0.25) is 0 Å². The Bertz CT molecular complexity index is 617. The lowest BCUT2D eigenvalue weighted by Gasteiger charge is -2.08. The van der Waals surface area contributed by atoms with E-state index >= 15 is 0 Å². The Morgan fingerprint density at radius 3 is 2.55 bits per heavy atom. The third-order valence-corrected chi connectivity index (χ3v) is 3.90. The predicted molar refractivity (Wildman–Crippen MR) is 82.8 cm³/mol. The van der Waals surface area contributed by atoms with Crippen LogP contribution < -0.4 is 5.32 Å². The zero-order chi connectivity index (χ0) is 14.5. The predicted octanol–water partition coefficient (Wildman–Crippen LogP) is 4.83. The van der Waals surface area contributed by atoms with E-state index in [2.05, 4.69) is 5.32 Å². The van der Waals surface area contributed by atoms with Crippen molar-refractivity contribution in [2.24, 2.45) is 0 Å². The van der Waals surface area contributed by atoms with E-state index in [0.717, 1.165) is 4.90 Å². The van der Waals surface area contributed by atoms with Crippen LogP contribution in [-0.2, 0) is 0 Å². The Hall–Kier alpha value is -1.72. The van der Waals surface area contributed by atoms with Crippen LogP contribution in [0.3, 0.4) is 0 Å². The summed E-state index contributed by atoms with van der Waals surface area (Å²) in [6.07, 6.45) is 0. The first kappa shape index (κ1) is 14.7. The Kier molecular flexibility index (Phi) is 4.87. The molecule has 6 heteroatoms. The van der Waals surface area contributed by atoms with Crippen LogP contribution in [0.15, 0.2) is 52.3 Å². The summed E-state index contributed by atoms with van der Waals surface area (Å²) in [4.78, 5) is 12.5. The fraction of sp³-hybridized carbons (Fsp3) is 0.143. The van der Waals surface area contributed by atoms with Crippen molar-refractivity contribution in [3.8, 4) is 0 Å². The lowest BCUT2D eigenvalue weighted by molar-refractivity contribution is -0.386. The average Bonchev–Trinajstić information content (AvgIpc) is 2.41. The van der Waals surface area contributed by atoms with E-state index < -0.39 is 0 Å². The highest BCUT2D eigenvalue weighted by Crippen LogP contribution is 2.39. The monoisotopic (exact) mass is 308 g/mol. The Morgan fingerprint density at radius 1 is 1.25 bits per heavy atom. The summed E-state index contributed by atoms with van der Waals surface area (Å²) in [5.41, 5.74) is 0.644. The van der Waals surface area contributed by atoms with Crippen LogP contribution in [0.2, 0.25) is 5.02 Å². The van der Waals surface area contributed by atoms with Crippen LogP contribution in [0.1, 0.15) is 6.92 Å². The molecule has 0 spiro atoms. The highest BCUT2D eigenvalue weighted by molar-refractivity contribution is 7.99. The zero-order valence-electron chi connectivity index (χ0n) is 10.8. The number of hydrogen-bond donors (Lipinski definition) is 1. The molecule has 0 aromatic heterocycles. The molecule has 104 valence electrons. The van der Waals surface area contributed by atoms with E-state index in [4.69, 9.17) is 11.6 Å². The van der Waals surface area contributed by atoms with Crippen LogP contribution in [0.25, 0.3) is 0 Å². The Labute approximate surface area is 126 Å². The number of halogens is 1. The topological polar surface area (TPSA) is 55.2 Å². The molecule has 20 heavy (non-hydrogen) atoms. The SMILES string of the molecule is CCNc1cccc(Sc2ccc(Cl)cc2)c1[N+](=O)[O-]. The molecule has 0 saturated heterocycles. The lowest BCUT2D eigenvalue weighted by Crippen LogP contribution is -2.02. The summed E-state index contributed by atoms with van der Waals surface area (Å²) < 4.78 is 0. The van der Waals surface area contributed by atoms with Crippen molar-refractivity contribution >= 4 is 34.7 Å². The van der Waals surface area contributed by atoms with Crippen molar-refractivity contribution in [2.45, 2.75) is 16.7 Å². The van der Waals surface area contributed by atoms with Crippen molar-refractivity contribution in [2.75, 3.05) is 11.9 Å². The van der Waals surface area contributed by atoms with Gasteiger partial charge in [-0.05, 0) is 43.3 Å². The minimum absolute atomic E-state index is 0.106. The molecule has 0 aliphatic rings. The van der Waals surface area contributed by atoms with Gasteiger partial charge in [0, 0.05) is 16.5 Å². The summed E-state index contributed by atoms with van der Waals surface area (Å²) in [6.45, 7) is 2.54. The summed E-state index contributed by atoms with van der Waals surface area (Å²) in [5, 5.41) is 15.0. The number of para-hydroxylation sites is 1. The van der Waals surface area contributed by atoms with Gasteiger partial charge in [0.15, 0.2) is 0 Å². The van der Waals surface area contributed by atoms with Crippen molar-refractivity contribution in [3.05, 3.63) is 57.6 Å². The van der Waals surface area contributed by atoms with Crippen LogP contribution in [0, 0.1) is 10.1 Å². The number of rotatable bonds is 5. The Balaban J connectivity index is 2.37. The Morgan fingerprint density at radius 2 is 1.95 bits per heavy atom. The summed E-state index contributed by atoms with van der Waals surface area (Å²) >= 11 is 7.19. The number of nitro benzene ring substituents is 1. The molecule has 2 aromatic carbocycles. The molecule has 0 saturated carbocycles. The number of hydrogen-bond acceptors (Lipinski definition) is 4. The molecule has 1 N–H and O–H groups in total. The molecule has 2 aromatic rings. The van der Waals surface area contributed by atoms with Crippen LogP contribution in [-0.4, -0.2) is 11.5 Å². The zero-order valence-corrected chi connectivity index (χ0v) is 12.4. The van der Waals surface area contributed by atoms with Crippen LogP contribution in [0.5, 0.6) is 0 Å². The maximum absolute atomic E-state index is 11.3. The van der Waals surface area contributed by atoms with Gasteiger partial charge in [-0.25, -0.2) is 0 Å². The first-order chi connectivity index (χ1) is 9.61. The molecule has 0 aliphatic carbocycles. The van der Waals surface area contributed by atoms with E-state index in [1.165, 1.54) is 11.8 Å². The maximum atomic E-state index is 11.3. The van der Waals surface area contributed by atoms with E-state index in [0.29, 0.717) is 22.2 Å². The highest BCUT2D eigenvalue weighted by Gasteiger charge is 2.19. The fourth-order valence-corrected chi connectivity index (χ4v) is 2.84. The largest absolute Gasteiger partial charge is 0.380 e. The van der Waals surface area contributed by atoms with Gasteiger partial charge in [-0.15, -0.1) is 0 Å². The molecule has 0 fully saturated rings. The van der Waals surface area contributed by atoms with Gasteiger partial charge in [0.1, 0.15) is 5.69 Å². The molecule has 2 rings (SSSR count). The van der Waals surface area contributed by atoms with E-state index in [9.17, 15) is 10.1 Å². The minimum atomic E-state index is -0.351. The second kappa shape index (κ2) is 6.63. The van der Waals surface area contributed by atoms with E-state index in [1.807, 2.05) is 25.1 Å². The molecule has 4 nitrogen and oxygen atoms in total. The molecule has 0 bridgehead atoms. The smallest absolute Gasteiger partial charge is 0.306 e. The highest BCUT2D eigenvalue weighted by atomic mass is 35.5. The lowest BCUT2D eigenvalue weighted by atomic mass is 10.2. The third kappa shape index (κ3) is 3.43. The quantitative estimate of drug-likeness (QED) is 0.635. The van der Waals surface area contributed by atoms with Crippen molar-refractivity contribution in [1.29, 1.82) is 0 Å². The van der Waals surface area contributed by atoms with E-state index in [-0.39, 0.29) is 10.6 Å². The number of nitro groups is 1. The van der Waals surface area contributed by atoms with Gasteiger partial charge >= 0.3 is 5.69 Å². The van der Waals surface area contributed by atoms with E-state index in [1.54, 1.807) is 24.3 Å². The molecule has 0 aliphatic heterocycles. The second-order valence-corrected chi connectivity index (χ2v) is 5.55. The molecular weight excluding hydrogens is 296 g/mol. The van der Waals surface area contributed by atoms with Crippen LogP contribution in [0.4, 0.5) is 11.4 Å². The fourth-order valence-electron chi connectivity index (χ4n) is 1.76. The number of anilines is 1. The minimum Gasteiger partial charge on any atom is -0.380 e. The first-order valence-electron chi connectivity index (χ1n) is 6.06. The normalized spacial score (nSPS) is 10.3. The molecule has 0 heterocycles. The van der Waals surface area contributed by atoms with Gasteiger partial charge in [-0.2, -0.15) is 0 Å². The van der Waals surface area contributed by atoms with Gasteiger partial charge in [-0.1, -0.05) is 29.4 Å². The molecule has 0 radical (unpaired) electrons. The molecule has 0 unspecified atom stereocenters. The number of nitrogens with zero attached hydrogens (tertiary/aromatic N) is 1. The van der Waals surface area contributed by atoms with Gasteiger partial charge in [0.05, 0.1) is 9.82 Å². The molecular formula is C14H13ClN2O2S. The summed E-state index contributed by atoms with van der Waals surface area (Å²) in [6, 6.07) is 12.5. The standard InChI is InChI=1S/C14H13ClN2O2S/c1-2-16-12-4-3-5-13(14(12)17(18)19)20-11-8-6-10(15)7-9-11/h3-9,16H,2H2,1H3. The first-order valence-corrected chi connectivity index (χ1v) is 7.26. The van der Waals surface area contributed by atoms with Gasteiger partial charge < -0.3 is 5.32 Å². The number of nitrogens with one attached hydrogen (secondary N) is 1. The molecule has 0 atom stereocenters. The third-order valence-electron chi connectivity index (χ3n) is 2.59. The van der Waals surface area contributed by atoms with Gasteiger partial charge in [0.25, 0.3) is 0 Å². The van der Waals surface area contributed by atoms with Crippen LogP contribution >= 0.6 is 23.4 Å². The summed E-state index contributed by atoms with van der Waals surface area (Å²) in [5.74, 6) is 0.